The lowest BCUT2D eigenvalue weighted by molar-refractivity contribution is 1.25. The Labute approximate surface area is 146 Å². The van der Waals surface area contributed by atoms with Gasteiger partial charge >= 0.3 is 0 Å². The van der Waals surface area contributed by atoms with Gasteiger partial charge in [0.2, 0.25) is 0 Å². The number of hydrogen-bond acceptors (Lipinski definition) is 4. The molecule has 0 fully saturated rings. The van der Waals surface area contributed by atoms with Gasteiger partial charge in [0.1, 0.15) is 0 Å². The number of nitrogen functional groups attached to an aromatic ring is 1. The van der Waals surface area contributed by atoms with Crippen molar-refractivity contribution in [1.29, 1.82) is 0 Å². The fraction of sp³-hybridized carbons (Fsp3) is 0.158. The number of thiophene rings is 3. The number of anilines is 1. The second-order valence-corrected chi connectivity index (χ2v) is 9.88. The van der Waals surface area contributed by atoms with Gasteiger partial charge in [-0.15, -0.1) is 34.0 Å². The van der Waals surface area contributed by atoms with Gasteiger partial charge in [-0.05, 0) is 71.0 Å². The predicted octanol–water partition coefficient (Wildman–Crippen LogP) is 6.06. The molecule has 3 aromatic heterocycles. The van der Waals surface area contributed by atoms with Crippen molar-refractivity contribution in [2.75, 3.05) is 5.73 Å². The first-order chi connectivity index (χ1) is 11.2. The molecule has 2 aliphatic carbocycles. The highest BCUT2D eigenvalue weighted by molar-refractivity contribution is 7.30. The molecule has 23 heavy (non-hydrogen) atoms. The number of aryl methyl sites for hydroxylation is 1. The Kier molecular flexibility index (Phi) is 2.26. The smallest absolute Gasteiger partial charge is 0.0865 e. The minimum Gasteiger partial charge on any atom is -0.391 e. The van der Waals surface area contributed by atoms with E-state index in [1.165, 1.54) is 51.8 Å². The minimum atomic E-state index is 0.941. The van der Waals surface area contributed by atoms with Crippen LogP contribution in [0, 0.1) is 6.92 Å². The summed E-state index contributed by atoms with van der Waals surface area (Å²) in [7, 11) is 0. The van der Waals surface area contributed by atoms with Gasteiger partial charge in [-0.3, -0.25) is 0 Å². The molecule has 1 aromatic carbocycles. The number of nitrogens with two attached hydrogens (primary N) is 1. The number of hydrogen-bond donors (Lipinski definition) is 1. The third kappa shape index (κ3) is 1.56. The van der Waals surface area contributed by atoms with E-state index < -0.39 is 0 Å². The van der Waals surface area contributed by atoms with E-state index in [9.17, 15) is 0 Å². The summed E-state index contributed by atoms with van der Waals surface area (Å²) in [6, 6.07) is 9.38. The average molecular weight is 352 g/mol. The summed E-state index contributed by atoms with van der Waals surface area (Å²) < 4.78 is 2.98. The fourth-order valence-electron chi connectivity index (χ4n) is 4.04. The topological polar surface area (TPSA) is 26.0 Å². The van der Waals surface area contributed by atoms with Gasteiger partial charge in [0, 0.05) is 30.5 Å². The molecule has 0 bridgehead atoms. The Morgan fingerprint density at radius 1 is 0.826 bits per heavy atom. The van der Waals surface area contributed by atoms with Gasteiger partial charge in [0.05, 0.1) is 5.00 Å². The highest BCUT2D eigenvalue weighted by Crippen LogP contribution is 2.52. The number of rotatable bonds is 0. The highest BCUT2D eigenvalue weighted by atomic mass is 32.1. The Morgan fingerprint density at radius 3 is 2.48 bits per heavy atom. The maximum atomic E-state index is 6.00. The van der Waals surface area contributed by atoms with Gasteiger partial charge in [-0.25, -0.2) is 0 Å². The van der Waals surface area contributed by atoms with Crippen LogP contribution in [0.2, 0.25) is 0 Å². The molecular weight excluding hydrogens is 338 g/mol. The van der Waals surface area contributed by atoms with Gasteiger partial charge in [0.25, 0.3) is 0 Å². The largest absolute Gasteiger partial charge is 0.391 e. The van der Waals surface area contributed by atoms with Crippen LogP contribution in [0.1, 0.15) is 27.1 Å². The lowest BCUT2D eigenvalue weighted by Gasteiger charge is -2.05. The van der Waals surface area contributed by atoms with Crippen molar-refractivity contribution in [3.8, 4) is 20.9 Å². The Hall–Kier alpha value is -1.62. The molecule has 4 heteroatoms. The van der Waals surface area contributed by atoms with Crippen LogP contribution in [-0.2, 0) is 12.8 Å². The molecule has 0 atom stereocenters. The third-order valence-electron chi connectivity index (χ3n) is 4.98. The Bertz CT molecular complexity index is 1140. The normalized spacial score (nSPS) is 14.1. The summed E-state index contributed by atoms with van der Waals surface area (Å²) in [5.74, 6) is 0. The van der Waals surface area contributed by atoms with Crippen LogP contribution >= 0.6 is 34.0 Å². The first-order valence-electron chi connectivity index (χ1n) is 7.74. The second kappa shape index (κ2) is 4.07. The summed E-state index contributed by atoms with van der Waals surface area (Å²) in [6.07, 6.45) is 2.13. The summed E-state index contributed by atoms with van der Waals surface area (Å²) in [6.45, 7) is 2.21. The highest BCUT2D eigenvalue weighted by Gasteiger charge is 2.29. The molecule has 2 aliphatic rings. The van der Waals surface area contributed by atoms with E-state index in [4.69, 9.17) is 5.73 Å². The van der Waals surface area contributed by atoms with Crippen molar-refractivity contribution < 1.29 is 0 Å². The van der Waals surface area contributed by atoms with Gasteiger partial charge < -0.3 is 5.73 Å². The molecule has 112 valence electrons. The van der Waals surface area contributed by atoms with Gasteiger partial charge in [-0.2, -0.15) is 0 Å². The molecule has 0 aliphatic heterocycles. The molecule has 1 nitrogen and oxygen atoms in total. The van der Waals surface area contributed by atoms with Crippen LogP contribution in [0.3, 0.4) is 0 Å². The monoisotopic (exact) mass is 351 g/mol. The summed E-state index contributed by atoms with van der Waals surface area (Å²) >= 11 is 5.67. The van der Waals surface area contributed by atoms with Crippen molar-refractivity contribution in [1.82, 2.24) is 0 Å². The Morgan fingerprint density at radius 2 is 1.61 bits per heavy atom. The van der Waals surface area contributed by atoms with E-state index >= 15 is 0 Å². The maximum absolute atomic E-state index is 6.00. The zero-order valence-electron chi connectivity index (χ0n) is 12.5. The summed E-state index contributed by atoms with van der Waals surface area (Å²) in [5, 5.41) is 0.941. The van der Waals surface area contributed by atoms with Crippen molar-refractivity contribution >= 4 is 48.4 Å². The zero-order chi connectivity index (χ0) is 15.3. The van der Waals surface area contributed by atoms with E-state index in [0.717, 1.165) is 17.8 Å². The molecule has 3 heterocycles. The quantitative estimate of drug-likeness (QED) is 0.354. The van der Waals surface area contributed by atoms with Crippen LogP contribution < -0.4 is 5.73 Å². The first kappa shape index (κ1) is 12.8. The molecule has 0 amide bonds. The predicted molar refractivity (Wildman–Crippen MR) is 103 cm³/mol. The molecule has 0 radical (unpaired) electrons. The van der Waals surface area contributed by atoms with Crippen LogP contribution in [-0.4, -0.2) is 0 Å². The van der Waals surface area contributed by atoms with E-state index in [1.54, 1.807) is 16.9 Å². The lowest BCUT2D eigenvalue weighted by Crippen LogP contribution is -1.86. The number of benzene rings is 1. The van der Waals surface area contributed by atoms with Crippen LogP contribution in [0.25, 0.3) is 30.3 Å². The molecule has 0 unspecified atom stereocenters. The van der Waals surface area contributed by atoms with E-state index in [-0.39, 0.29) is 0 Å². The van der Waals surface area contributed by atoms with Crippen molar-refractivity contribution in [3.05, 3.63) is 51.4 Å². The van der Waals surface area contributed by atoms with E-state index in [1.807, 2.05) is 22.7 Å². The minimum absolute atomic E-state index is 0.941. The van der Waals surface area contributed by atoms with Crippen molar-refractivity contribution in [3.63, 3.8) is 0 Å². The van der Waals surface area contributed by atoms with Crippen LogP contribution in [0.4, 0.5) is 5.00 Å². The molecular formula is C19H13NS3. The third-order valence-corrected chi connectivity index (χ3v) is 8.47. The molecule has 0 saturated heterocycles. The van der Waals surface area contributed by atoms with E-state index in [0.29, 0.717) is 0 Å². The van der Waals surface area contributed by atoms with Crippen molar-refractivity contribution in [2.24, 2.45) is 0 Å². The second-order valence-electron chi connectivity index (χ2n) is 6.48. The van der Waals surface area contributed by atoms with E-state index in [2.05, 4.69) is 31.2 Å². The standard InChI is InChI=1S/C19H13NS3/c1-8-2-15-19(21-8)14-6-10-5-12-9(4-13(10)18(14)22-15)3-11-7-16(20)23-17(11)12/h2,4-5,7H,3,6,20H2,1H3. The Balaban J connectivity index is 1.58. The van der Waals surface area contributed by atoms with Crippen molar-refractivity contribution in [2.45, 2.75) is 19.8 Å². The average Bonchev–Trinajstić information content (AvgIpc) is 3.23. The van der Waals surface area contributed by atoms with Crippen LogP contribution in [0.15, 0.2) is 24.3 Å². The first-order valence-corrected chi connectivity index (χ1v) is 10.2. The SMILES string of the molecule is Cc1cc2sc3c(c2s1)Cc1cc2c(cc1-3)Cc1cc(N)sc1-2. The zero-order valence-corrected chi connectivity index (χ0v) is 15.0. The molecule has 0 spiro atoms. The van der Waals surface area contributed by atoms with Crippen LogP contribution in [0.5, 0.6) is 0 Å². The lowest BCUT2D eigenvalue weighted by atomic mass is 10.0. The summed E-state index contributed by atoms with van der Waals surface area (Å²) in [5.41, 5.74) is 14.9. The number of fused-ring (bicyclic) bond motifs is 8. The fourth-order valence-corrected chi connectivity index (χ4v) is 7.65. The molecule has 2 N–H and O–H groups in total. The van der Waals surface area contributed by atoms with Gasteiger partial charge in [-0.1, -0.05) is 0 Å². The molecule has 4 aromatic rings. The molecule has 0 saturated carbocycles. The molecule has 6 rings (SSSR count). The summed E-state index contributed by atoms with van der Waals surface area (Å²) in [4.78, 5) is 4.33. The van der Waals surface area contributed by atoms with Gasteiger partial charge in [0.15, 0.2) is 0 Å². The maximum Gasteiger partial charge on any atom is 0.0865 e.